The van der Waals surface area contributed by atoms with E-state index in [4.69, 9.17) is 4.74 Å². The van der Waals surface area contributed by atoms with E-state index in [-0.39, 0.29) is 18.0 Å². The second kappa shape index (κ2) is 6.62. The van der Waals surface area contributed by atoms with E-state index >= 15 is 0 Å². The van der Waals surface area contributed by atoms with Crippen LogP contribution in [0.2, 0.25) is 0 Å². The first kappa shape index (κ1) is 14.7. The van der Waals surface area contributed by atoms with Gasteiger partial charge in [0.15, 0.2) is 0 Å². The van der Waals surface area contributed by atoms with Crippen LogP contribution in [-0.2, 0) is 16.1 Å². The number of nitrogens with zero attached hydrogens (tertiary/aromatic N) is 3. The predicted molar refractivity (Wildman–Crippen MR) is 78.0 cm³/mol. The average Bonchev–Trinajstić information content (AvgIpc) is 2.91. The molecule has 0 N–H and O–H groups in total. The Morgan fingerprint density at radius 2 is 2.35 bits per heavy atom. The molecule has 2 aromatic rings. The maximum absolute atomic E-state index is 12.1. The first-order chi connectivity index (χ1) is 9.63. The van der Waals surface area contributed by atoms with Crippen LogP contribution in [0.5, 0.6) is 0 Å². The normalized spacial score (nSPS) is 10.9. The summed E-state index contributed by atoms with van der Waals surface area (Å²) >= 11 is 1.42. The lowest BCUT2D eigenvalue weighted by Crippen LogP contribution is -2.34. The first-order valence-electron chi connectivity index (χ1n) is 6.29. The second-order valence-electron chi connectivity index (χ2n) is 4.48. The number of thiophene rings is 1. The minimum atomic E-state index is -0.171. The SMILES string of the molecule is COCCCN(C)C(=O)Cn1cnc2sccc2c1=O. The van der Waals surface area contributed by atoms with Crippen LogP contribution in [0.3, 0.4) is 0 Å². The van der Waals surface area contributed by atoms with Crippen molar-refractivity contribution in [2.45, 2.75) is 13.0 Å². The van der Waals surface area contributed by atoms with Crippen LogP contribution in [0.25, 0.3) is 10.2 Å². The van der Waals surface area contributed by atoms with Crippen LogP contribution < -0.4 is 5.56 Å². The van der Waals surface area contributed by atoms with Crippen LogP contribution in [0.4, 0.5) is 0 Å². The van der Waals surface area contributed by atoms with Gasteiger partial charge >= 0.3 is 0 Å². The van der Waals surface area contributed by atoms with Gasteiger partial charge in [0.25, 0.3) is 5.56 Å². The van der Waals surface area contributed by atoms with Crippen molar-refractivity contribution in [3.05, 3.63) is 28.1 Å². The number of hydrogen-bond acceptors (Lipinski definition) is 5. The van der Waals surface area contributed by atoms with Crippen molar-refractivity contribution in [2.75, 3.05) is 27.3 Å². The van der Waals surface area contributed by atoms with E-state index < -0.39 is 0 Å². The van der Waals surface area contributed by atoms with Gasteiger partial charge in [0.05, 0.1) is 11.7 Å². The number of carbonyl (C=O) groups is 1. The zero-order valence-electron chi connectivity index (χ0n) is 11.5. The molecule has 0 atom stereocenters. The number of likely N-dealkylation sites (N-methyl/N-ethyl adjacent to an activating group) is 1. The summed E-state index contributed by atoms with van der Waals surface area (Å²) in [5, 5.41) is 2.38. The minimum Gasteiger partial charge on any atom is -0.385 e. The van der Waals surface area contributed by atoms with Crippen LogP contribution in [0.15, 0.2) is 22.6 Å². The maximum atomic E-state index is 12.1. The summed E-state index contributed by atoms with van der Waals surface area (Å²) in [5.41, 5.74) is -0.171. The average molecular weight is 295 g/mol. The molecule has 108 valence electrons. The molecule has 0 radical (unpaired) electrons. The Morgan fingerprint density at radius 3 is 3.10 bits per heavy atom. The highest BCUT2D eigenvalue weighted by molar-refractivity contribution is 7.16. The summed E-state index contributed by atoms with van der Waals surface area (Å²) in [4.78, 5) is 30.7. The smallest absolute Gasteiger partial charge is 0.262 e. The van der Waals surface area contributed by atoms with Gasteiger partial charge in [-0.15, -0.1) is 11.3 Å². The number of methoxy groups -OCH3 is 1. The van der Waals surface area contributed by atoms with E-state index in [1.165, 1.54) is 22.2 Å². The fourth-order valence-corrected chi connectivity index (χ4v) is 2.57. The van der Waals surface area contributed by atoms with E-state index in [9.17, 15) is 9.59 Å². The van der Waals surface area contributed by atoms with Crippen molar-refractivity contribution in [1.29, 1.82) is 0 Å². The van der Waals surface area contributed by atoms with Gasteiger partial charge in [-0.2, -0.15) is 0 Å². The van der Waals surface area contributed by atoms with Crippen molar-refractivity contribution in [3.63, 3.8) is 0 Å². The third kappa shape index (κ3) is 3.23. The van der Waals surface area contributed by atoms with Crippen LogP contribution >= 0.6 is 11.3 Å². The molecule has 2 rings (SSSR count). The van der Waals surface area contributed by atoms with Gasteiger partial charge < -0.3 is 9.64 Å². The summed E-state index contributed by atoms with van der Waals surface area (Å²) in [6, 6.07) is 1.73. The molecule has 0 aromatic carbocycles. The molecule has 0 bridgehead atoms. The van der Waals surface area contributed by atoms with E-state index in [2.05, 4.69) is 4.98 Å². The topological polar surface area (TPSA) is 64.4 Å². The standard InChI is InChI=1S/C13H17N3O3S/c1-15(5-3-6-19-2)11(17)8-16-9-14-12-10(13(16)18)4-7-20-12/h4,7,9H,3,5-6,8H2,1-2H3. The van der Waals surface area contributed by atoms with Crippen LogP contribution in [0, 0.1) is 0 Å². The lowest BCUT2D eigenvalue weighted by molar-refractivity contribution is -0.130. The summed E-state index contributed by atoms with van der Waals surface area (Å²) in [7, 11) is 3.35. The highest BCUT2D eigenvalue weighted by Crippen LogP contribution is 2.13. The first-order valence-corrected chi connectivity index (χ1v) is 7.17. The molecule has 0 saturated carbocycles. The van der Waals surface area contributed by atoms with Gasteiger partial charge in [-0.25, -0.2) is 4.98 Å². The van der Waals surface area contributed by atoms with Gasteiger partial charge in [-0.3, -0.25) is 14.2 Å². The van der Waals surface area contributed by atoms with E-state index in [0.29, 0.717) is 23.4 Å². The van der Waals surface area contributed by atoms with E-state index in [1.54, 1.807) is 25.1 Å². The van der Waals surface area contributed by atoms with Gasteiger partial charge in [-0.05, 0) is 17.9 Å². The Labute approximate surface area is 120 Å². The Kier molecular flexibility index (Phi) is 4.86. The number of rotatable bonds is 6. The van der Waals surface area contributed by atoms with Gasteiger partial charge in [-0.1, -0.05) is 0 Å². The third-order valence-electron chi connectivity index (χ3n) is 3.02. The summed E-state index contributed by atoms with van der Waals surface area (Å²) in [6.45, 7) is 1.23. The Balaban J connectivity index is 2.06. The zero-order chi connectivity index (χ0) is 14.5. The summed E-state index contributed by atoms with van der Waals surface area (Å²) in [5.74, 6) is -0.111. The van der Waals surface area contributed by atoms with Gasteiger partial charge in [0, 0.05) is 27.3 Å². The Hall–Kier alpha value is -1.73. The monoisotopic (exact) mass is 295 g/mol. The molecule has 7 heteroatoms. The molecule has 0 aliphatic carbocycles. The lowest BCUT2D eigenvalue weighted by Gasteiger charge is -2.17. The Bertz CT molecular complexity index is 650. The molecule has 6 nitrogen and oxygen atoms in total. The number of carbonyl (C=O) groups excluding carboxylic acids is 1. The highest BCUT2D eigenvalue weighted by atomic mass is 32.1. The number of ether oxygens (including phenoxy) is 1. The van der Waals surface area contributed by atoms with Crippen molar-refractivity contribution in [2.24, 2.45) is 0 Å². The molecule has 20 heavy (non-hydrogen) atoms. The van der Waals surface area contributed by atoms with Crippen LogP contribution in [0.1, 0.15) is 6.42 Å². The fraction of sp³-hybridized carbons (Fsp3) is 0.462. The molecule has 1 amide bonds. The van der Waals surface area contributed by atoms with Crippen molar-refractivity contribution < 1.29 is 9.53 Å². The molecule has 0 unspecified atom stereocenters. The maximum Gasteiger partial charge on any atom is 0.262 e. The quantitative estimate of drug-likeness (QED) is 0.744. The van der Waals surface area contributed by atoms with Crippen molar-refractivity contribution in [1.82, 2.24) is 14.5 Å². The molecular weight excluding hydrogens is 278 g/mol. The molecule has 0 fully saturated rings. The molecule has 0 aliphatic heterocycles. The number of fused-ring (bicyclic) bond motifs is 1. The molecule has 0 aliphatic rings. The molecule has 0 spiro atoms. The second-order valence-corrected chi connectivity index (χ2v) is 5.37. The summed E-state index contributed by atoms with van der Waals surface area (Å²) in [6.07, 6.45) is 2.21. The fourth-order valence-electron chi connectivity index (χ4n) is 1.84. The molecule has 2 aromatic heterocycles. The number of hydrogen-bond donors (Lipinski definition) is 0. The number of aromatic nitrogens is 2. The van der Waals surface area contributed by atoms with E-state index in [0.717, 1.165) is 6.42 Å². The van der Waals surface area contributed by atoms with Gasteiger partial charge in [0.1, 0.15) is 11.4 Å². The zero-order valence-corrected chi connectivity index (χ0v) is 12.4. The largest absolute Gasteiger partial charge is 0.385 e. The molecular formula is C13H17N3O3S. The molecule has 0 saturated heterocycles. The number of amides is 1. The predicted octanol–water partition coefficient (Wildman–Crippen LogP) is 0.953. The van der Waals surface area contributed by atoms with Crippen LogP contribution in [-0.4, -0.2) is 47.7 Å². The summed E-state index contributed by atoms with van der Waals surface area (Å²) < 4.78 is 6.30. The minimum absolute atomic E-state index is 0.0150. The third-order valence-corrected chi connectivity index (χ3v) is 3.84. The van der Waals surface area contributed by atoms with Crippen molar-refractivity contribution in [3.8, 4) is 0 Å². The molecule has 2 heterocycles. The van der Waals surface area contributed by atoms with Gasteiger partial charge in [0.2, 0.25) is 5.91 Å². The highest BCUT2D eigenvalue weighted by Gasteiger charge is 2.12. The Morgan fingerprint density at radius 1 is 1.55 bits per heavy atom. The lowest BCUT2D eigenvalue weighted by atomic mass is 10.4. The van der Waals surface area contributed by atoms with E-state index in [1.807, 2.05) is 5.38 Å². The van der Waals surface area contributed by atoms with Crippen molar-refractivity contribution >= 4 is 27.5 Å².